The zero-order valence-corrected chi connectivity index (χ0v) is 23.6. The van der Waals surface area contributed by atoms with Crippen molar-refractivity contribution in [2.75, 3.05) is 6.61 Å². The summed E-state index contributed by atoms with van der Waals surface area (Å²) in [5.74, 6) is -2.70. The highest BCUT2D eigenvalue weighted by molar-refractivity contribution is 5.86. The number of hydrogen-bond acceptors (Lipinski definition) is 9. The molecule has 0 aromatic heterocycles. The first-order valence-corrected chi connectivity index (χ1v) is 13.5. The largest absolute Gasteiger partial charge is 0.445 e. The Morgan fingerprint density at radius 3 is 1.98 bits per heavy atom. The van der Waals surface area contributed by atoms with Gasteiger partial charge in [0.15, 0.2) is 6.10 Å². The third-order valence-electron chi connectivity index (χ3n) is 6.33. The van der Waals surface area contributed by atoms with Crippen molar-refractivity contribution < 1.29 is 44.3 Å². The van der Waals surface area contributed by atoms with Crippen LogP contribution in [0.15, 0.2) is 60.7 Å². The third kappa shape index (κ3) is 11.1. The topological polar surface area (TPSA) is 221 Å². The average molecular weight is 589 g/mol. The summed E-state index contributed by atoms with van der Waals surface area (Å²) in [4.78, 5) is 49.6. The number of alkyl carbamates (subject to hydrolysis) is 1. The normalized spacial score (nSPS) is 15.4. The molecule has 230 valence electrons. The summed E-state index contributed by atoms with van der Waals surface area (Å²) in [6.07, 6.45) is -7.35. The highest BCUT2D eigenvalue weighted by Crippen LogP contribution is 2.17. The van der Waals surface area contributed by atoms with Gasteiger partial charge < -0.3 is 46.8 Å². The average Bonchev–Trinajstić information content (AvgIpc) is 2.97. The van der Waals surface area contributed by atoms with Gasteiger partial charge in [0, 0.05) is 0 Å². The number of aliphatic hydroxyl groups excluding tert-OH is 4. The molecule has 0 aliphatic rings. The Balaban J connectivity index is 2.03. The van der Waals surface area contributed by atoms with Gasteiger partial charge >= 0.3 is 6.09 Å². The van der Waals surface area contributed by atoms with Crippen LogP contribution in [0.1, 0.15) is 43.9 Å². The Bertz CT molecular complexity index is 1150. The van der Waals surface area contributed by atoms with Gasteiger partial charge in [-0.3, -0.25) is 14.4 Å². The third-order valence-corrected chi connectivity index (χ3v) is 6.33. The second-order valence-corrected chi connectivity index (χ2v) is 10.3. The van der Waals surface area contributed by atoms with Crippen LogP contribution in [0.4, 0.5) is 4.79 Å². The van der Waals surface area contributed by atoms with E-state index in [-0.39, 0.29) is 25.4 Å². The Kier molecular flexibility index (Phi) is 13.9. The van der Waals surface area contributed by atoms with E-state index in [2.05, 4.69) is 16.0 Å². The number of nitrogens with two attached hydrogens (primary N) is 1. The Hall–Kier alpha value is -4.04. The zero-order chi connectivity index (χ0) is 31.2. The first-order valence-electron chi connectivity index (χ1n) is 13.5. The van der Waals surface area contributed by atoms with E-state index in [1.165, 1.54) is 0 Å². The van der Waals surface area contributed by atoms with E-state index in [1.807, 2.05) is 19.9 Å². The molecule has 9 N–H and O–H groups in total. The van der Waals surface area contributed by atoms with E-state index in [1.54, 1.807) is 54.6 Å². The van der Waals surface area contributed by atoms with Crippen LogP contribution < -0.4 is 21.7 Å². The molecule has 6 atom stereocenters. The van der Waals surface area contributed by atoms with Crippen LogP contribution in [0.2, 0.25) is 0 Å². The molecule has 6 unspecified atom stereocenters. The number of amides is 4. The van der Waals surface area contributed by atoms with Crippen LogP contribution in [0.3, 0.4) is 0 Å². The molecule has 0 fully saturated rings. The van der Waals surface area contributed by atoms with Crippen molar-refractivity contribution in [1.82, 2.24) is 16.0 Å². The van der Waals surface area contributed by atoms with Crippen LogP contribution in [0.25, 0.3) is 0 Å². The lowest BCUT2D eigenvalue weighted by Crippen LogP contribution is -2.59. The summed E-state index contributed by atoms with van der Waals surface area (Å²) in [5, 5.41) is 48.7. The molecule has 0 heterocycles. The summed E-state index contributed by atoms with van der Waals surface area (Å²) < 4.78 is 5.18. The van der Waals surface area contributed by atoms with E-state index in [0.29, 0.717) is 5.56 Å². The molecule has 4 amide bonds. The van der Waals surface area contributed by atoms with Gasteiger partial charge in [0.1, 0.15) is 24.9 Å². The number of benzene rings is 2. The number of carbonyl (C=O) groups is 4. The van der Waals surface area contributed by atoms with Gasteiger partial charge in [-0.15, -0.1) is 0 Å². The Morgan fingerprint density at radius 1 is 0.833 bits per heavy atom. The van der Waals surface area contributed by atoms with Crippen LogP contribution in [0.5, 0.6) is 0 Å². The number of rotatable bonds is 16. The predicted molar refractivity (Wildman–Crippen MR) is 151 cm³/mol. The summed E-state index contributed by atoms with van der Waals surface area (Å²) in [5.41, 5.74) is 6.53. The maximum atomic E-state index is 13.0. The molecule has 0 aliphatic carbocycles. The minimum absolute atomic E-state index is 0.0304. The lowest BCUT2D eigenvalue weighted by molar-refractivity contribution is -0.144. The first-order chi connectivity index (χ1) is 19.9. The second kappa shape index (κ2) is 17.0. The molecule has 0 saturated heterocycles. The molecule has 0 spiro atoms. The van der Waals surface area contributed by atoms with E-state index < -0.39 is 66.9 Å². The van der Waals surface area contributed by atoms with Crippen molar-refractivity contribution in [2.24, 2.45) is 11.7 Å². The lowest BCUT2D eigenvalue weighted by atomic mass is 9.98. The van der Waals surface area contributed by atoms with Crippen molar-refractivity contribution in [2.45, 2.75) is 69.7 Å². The number of primary amides is 1. The maximum absolute atomic E-state index is 13.0. The molecule has 0 bridgehead atoms. The van der Waals surface area contributed by atoms with Crippen molar-refractivity contribution in [3.05, 3.63) is 71.8 Å². The number of carbonyl (C=O) groups excluding carboxylic acids is 4. The van der Waals surface area contributed by atoms with E-state index in [0.717, 1.165) is 5.56 Å². The predicted octanol–water partition coefficient (Wildman–Crippen LogP) is -0.380. The fourth-order valence-corrected chi connectivity index (χ4v) is 4.11. The van der Waals surface area contributed by atoms with E-state index >= 15 is 0 Å². The molecular formula is C29H40N4O9. The zero-order valence-electron chi connectivity index (χ0n) is 23.6. The van der Waals surface area contributed by atoms with Crippen molar-refractivity contribution in [3.8, 4) is 0 Å². The van der Waals surface area contributed by atoms with Crippen LogP contribution in [-0.4, -0.2) is 81.2 Å². The van der Waals surface area contributed by atoms with Gasteiger partial charge in [0.25, 0.3) is 5.91 Å². The second-order valence-electron chi connectivity index (χ2n) is 10.3. The van der Waals surface area contributed by atoms with Gasteiger partial charge in [-0.1, -0.05) is 74.5 Å². The van der Waals surface area contributed by atoms with Gasteiger partial charge in [0.05, 0.1) is 25.1 Å². The molecule has 0 saturated carbocycles. The van der Waals surface area contributed by atoms with Crippen LogP contribution in [0, 0.1) is 5.92 Å². The lowest BCUT2D eigenvalue weighted by Gasteiger charge is -2.30. The van der Waals surface area contributed by atoms with E-state index in [4.69, 9.17) is 10.5 Å². The number of hydrogen-bond donors (Lipinski definition) is 8. The smallest absolute Gasteiger partial charge is 0.408 e. The van der Waals surface area contributed by atoms with Crippen LogP contribution in [-0.2, 0) is 25.7 Å². The molecule has 13 nitrogen and oxygen atoms in total. The molecule has 0 radical (unpaired) electrons. The summed E-state index contributed by atoms with van der Waals surface area (Å²) >= 11 is 0. The standard InChI is InChI=1S/C29H40N4O9/c1-17(2)13-21(33-29(41)42-16-18-9-5-3-6-10-18)27(39)32-22(15-34)24(36)25(37)26(38)28(40)31-20(14-23(30)35)19-11-7-4-8-12-19/h3-12,17,20-22,24-26,34,36-38H,13-16H2,1-2H3,(H2,30,35)(H,31,40)(H,32,39)(H,33,41). The minimum atomic E-state index is -2.21. The minimum Gasteiger partial charge on any atom is -0.445 e. The fraction of sp³-hybridized carbons (Fsp3) is 0.448. The monoisotopic (exact) mass is 588 g/mol. The molecular weight excluding hydrogens is 548 g/mol. The van der Waals surface area contributed by atoms with Crippen molar-refractivity contribution in [1.29, 1.82) is 0 Å². The quantitative estimate of drug-likeness (QED) is 0.128. The molecule has 42 heavy (non-hydrogen) atoms. The highest BCUT2D eigenvalue weighted by Gasteiger charge is 2.37. The molecule has 2 rings (SSSR count). The highest BCUT2D eigenvalue weighted by atomic mass is 16.5. The number of aliphatic hydroxyl groups is 4. The number of ether oxygens (including phenoxy) is 1. The van der Waals surface area contributed by atoms with Crippen LogP contribution >= 0.6 is 0 Å². The molecule has 13 heteroatoms. The fourth-order valence-electron chi connectivity index (χ4n) is 4.11. The van der Waals surface area contributed by atoms with E-state index in [9.17, 15) is 39.6 Å². The SMILES string of the molecule is CC(C)CC(NC(=O)OCc1ccccc1)C(=O)NC(CO)C(O)C(O)C(O)C(=O)NC(CC(N)=O)c1ccccc1. The Labute approximate surface area is 244 Å². The summed E-state index contributed by atoms with van der Waals surface area (Å²) in [6.45, 7) is 2.72. The maximum Gasteiger partial charge on any atom is 0.408 e. The van der Waals surface area contributed by atoms with Gasteiger partial charge in [-0.2, -0.15) is 0 Å². The summed E-state index contributed by atoms with van der Waals surface area (Å²) in [7, 11) is 0. The summed E-state index contributed by atoms with van der Waals surface area (Å²) in [6, 6.07) is 13.6. The Morgan fingerprint density at radius 2 is 1.43 bits per heavy atom. The van der Waals surface area contributed by atoms with Gasteiger partial charge in [-0.05, 0) is 23.5 Å². The van der Waals surface area contributed by atoms with Crippen molar-refractivity contribution >= 4 is 23.8 Å². The molecule has 2 aromatic carbocycles. The molecule has 2 aromatic rings. The molecule has 0 aliphatic heterocycles. The number of nitrogens with one attached hydrogen (secondary N) is 3. The first kappa shape index (κ1) is 34.2. The van der Waals surface area contributed by atoms with Gasteiger partial charge in [-0.25, -0.2) is 4.79 Å². The van der Waals surface area contributed by atoms with Crippen molar-refractivity contribution in [3.63, 3.8) is 0 Å². The van der Waals surface area contributed by atoms with Gasteiger partial charge in [0.2, 0.25) is 11.8 Å².